The highest BCUT2D eigenvalue weighted by Crippen LogP contribution is 2.38. The molecule has 2 aliphatic rings. The van der Waals surface area contributed by atoms with Crippen molar-refractivity contribution in [2.45, 2.75) is 57.8 Å². The Balaban J connectivity index is 1.64. The molecular weight excluding hydrogens is 372 g/mol. The van der Waals surface area contributed by atoms with Crippen LogP contribution in [-0.4, -0.2) is 22.4 Å². The van der Waals surface area contributed by atoms with Crippen LogP contribution >= 0.6 is 0 Å². The molecule has 3 heterocycles. The van der Waals surface area contributed by atoms with Gasteiger partial charge in [0.2, 0.25) is 0 Å². The first-order valence-corrected chi connectivity index (χ1v) is 10.3. The molecule has 6 heteroatoms. The second kappa shape index (κ2) is 7.18. The fourth-order valence-corrected chi connectivity index (χ4v) is 4.80. The number of nitrogens with zero attached hydrogens (tertiary/aromatic N) is 2. The van der Waals surface area contributed by atoms with E-state index in [1.54, 1.807) is 6.92 Å². The summed E-state index contributed by atoms with van der Waals surface area (Å²) >= 11 is 0. The first-order valence-electron chi connectivity index (χ1n) is 10.3. The topological polar surface area (TPSA) is 39.1 Å². The second-order valence-corrected chi connectivity index (χ2v) is 8.32. The molecule has 3 aromatic rings. The van der Waals surface area contributed by atoms with E-state index in [1.807, 2.05) is 29.9 Å². The summed E-state index contributed by atoms with van der Waals surface area (Å²) in [7, 11) is 0. The second-order valence-electron chi connectivity index (χ2n) is 8.32. The van der Waals surface area contributed by atoms with E-state index < -0.39 is 17.7 Å². The minimum absolute atomic E-state index is 0.0405. The maximum Gasteiger partial charge on any atom is 0.150 e. The zero-order chi connectivity index (χ0) is 20.1. The normalized spacial score (nSPS) is 24.6. The average Bonchev–Trinajstić information content (AvgIpc) is 3.12. The van der Waals surface area contributed by atoms with Crippen molar-refractivity contribution in [1.29, 1.82) is 0 Å². The zero-order valence-corrected chi connectivity index (χ0v) is 16.7. The number of nitrogens with one attached hydrogen (secondary N) is 1. The third kappa shape index (κ3) is 3.15. The number of hydrogen-bond acceptors (Lipinski definition) is 3. The van der Waals surface area contributed by atoms with Gasteiger partial charge in [0.25, 0.3) is 0 Å². The van der Waals surface area contributed by atoms with Crippen molar-refractivity contribution < 1.29 is 13.5 Å². The van der Waals surface area contributed by atoms with Crippen LogP contribution in [-0.2, 0) is 11.2 Å². The lowest BCUT2D eigenvalue weighted by Crippen LogP contribution is -2.38. The molecule has 1 fully saturated rings. The van der Waals surface area contributed by atoms with Gasteiger partial charge in [0.1, 0.15) is 11.6 Å². The molecule has 1 aromatic heterocycles. The van der Waals surface area contributed by atoms with E-state index in [0.717, 1.165) is 54.3 Å². The first kappa shape index (κ1) is 18.7. The van der Waals surface area contributed by atoms with Gasteiger partial charge in [0.15, 0.2) is 6.23 Å². The summed E-state index contributed by atoms with van der Waals surface area (Å²) in [5.74, 6) is -1.02. The highest BCUT2D eigenvalue weighted by molar-refractivity contribution is 5.84. The molecular formula is C23H25F2N3O. The molecule has 0 bridgehead atoms. The molecule has 3 atom stereocenters. The SMILES string of the molecule is Cc1cc(F)c(C2NC(C)Cc3c2ccc2c3cnn2C2CCCCO2)c(F)c1. The molecule has 5 rings (SSSR count). The number of fused-ring (bicyclic) bond motifs is 3. The molecule has 3 unspecified atom stereocenters. The van der Waals surface area contributed by atoms with Crippen molar-refractivity contribution in [3.05, 3.63) is 64.4 Å². The fraction of sp³-hybridized carbons (Fsp3) is 0.435. The van der Waals surface area contributed by atoms with Gasteiger partial charge in [-0.1, -0.05) is 6.07 Å². The molecule has 0 saturated carbocycles. The van der Waals surface area contributed by atoms with Crippen molar-refractivity contribution in [1.82, 2.24) is 15.1 Å². The van der Waals surface area contributed by atoms with Crippen LogP contribution in [0.15, 0.2) is 30.5 Å². The van der Waals surface area contributed by atoms with E-state index in [0.29, 0.717) is 5.56 Å². The Kier molecular flexibility index (Phi) is 4.63. The summed E-state index contributed by atoms with van der Waals surface area (Å²) in [5.41, 5.74) is 3.72. The number of ether oxygens (including phenoxy) is 1. The highest BCUT2D eigenvalue weighted by Gasteiger charge is 2.31. The summed E-state index contributed by atoms with van der Waals surface area (Å²) in [4.78, 5) is 0. The van der Waals surface area contributed by atoms with E-state index in [4.69, 9.17) is 4.74 Å². The van der Waals surface area contributed by atoms with Crippen LogP contribution in [0.25, 0.3) is 10.9 Å². The number of benzene rings is 2. The van der Waals surface area contributed by atoms with Crippen LogP contribution in [0.2, 0.25) is 0 Å². The average molecular weight is 397 g/mol. The number of aromatic nitrogens is 2. The Labute approximate surface area is 168 Å². The van der Waals surface area contributed by atoms with Gasteiger partial charge in [-0.25, -0.2) is 13.5 Å². The van der Waals surface area contributed by atoms with Gasteiger partial charge in [-0.05, 0) is 74.4 Å². The number of aryl methyl sites for hydroxylation is 1. The monoisotopic (exact) mass is 397 g/mol. The molecule has 0 radical (unpaired) electrons. The molecule has 4 nitrogen and oxygen atoms in total. The van der Waals surface area contributed by atoms with E-state index in [-0.39, 0.29) is 17.8 Å². The van der Waals surface area contributed by atoms with E-state index in [9.17, 15) is 8.78 Å². The number of rotatable bonds is 2. The van der Waals surface area contributed by atoms with Crippen LogP contribution in [0.3, 0.4) is 0 Å². The van der Waals surface area contributed by atoms with Gasteiger partial charge in [-0.15, -0.1) is 0 Å². The summed E-state index contributed by atoms with van der Waals surface area (Å²) in [5, 5.41) is 9.06. The molecule has 2 aromatic carbocycles. The highest BCUT2D eigenvalue weighted by atomic mass is 19.1. The molecule has 29 heavy (non-hydrogen) atoms. The molecule has 152 valence electrons. The molecule has 1 saturated heterocycles. The first-order chi connectivity index (χ1) is 14.0. The Morgan fingerprint density at radius 1 is 1.17 bits per heavy atom. The molecule has 2 aliphatic heterocycles. The molecule has 0 spiro atoms. The summed E-state index contributed by atoms with van der Waals surface area (Å²) in [6, 6.07) is 6.36. The summed E-state index contributed by atoms with van der Waals surface area (Å²) < 4.78 is 37.4. The predicted octanol–water partition coefficient (Wildman–Crippen LogP) is 4.95. The van der Waals surface area contributed by atoms with Crippen molar-refractivity contribution in [2.24, 2.45) is 0 Å². The van der Waals surface area contributed by atoms with Crippen LogP contribution < -0.4 is 5.32 Å². The standard InChI is InChI=1S/C23H25F2N3O/c1-13-9-18(24)22(19(25)10-13)23-15-6-7-20-17(16(15)11-14(2)27-23)12-26-28(20)21-5-3-4-8-29-21/h6-7,9-10,12,14,21,23,27H,3-5,8,11H2,1-2H3. The third-order valence-electron chi connectivity index (χ3n) is 6.14. The lowest BCUT2D eigenvalue weighted by molar-refractivity contribution is -0.0366. The van der Waals surface area contributed by atoms with Gasteiger partial charge in [0.05, 0.1) is 17.8 Å². The summed E-state index contributed by atoms with van der Waals surface area (Å²) in [6.07, 6.45) is 5.80. The van der Waals surface area contributed by atoms with Gasteiger partial charge in [-0.3, -0.25) is 0 Å². The lowest BCUT2D eigenvalue weighted by Gasteiger charge is -2.33. The van der Waals surface area contributed by atoms with Crippen molar-refractivity contribution in [3.8, 4) is 0 Å². The van der Waals surface area contributed by atoms with Crippen molar-refractivity contribution in [3.63, 3.8) is 0 Å². The summed E-state index contributed by atoms with van der Waals surface area (Å²) in [6.45, 7) is 4.51. The Bertz CT molecular complexity index is 1050. The van der Waals surface area contributed by atoms with Crippen molar-refractivity contribution >= 4 is 10.9 Å². The van der Waals surface area contributed by atoms with Crippen LogP contribution in [0.5, 0.6) is 0 Å². The zero-order valence-electron chi connectivity index (χ0n) is 16.7. The Morgan fingerprint density at radius 3 is 2.69 bits per heavy atom. The van der Waals surface area contributed by atoms with Gasteiger partial charge >= 0.3 is 0 Å². The molecule has 0 aliphatic carbocycles. The Morgan fingerprint density at radius 2 is 1.97 bits per heavy atom. The maximum atomic E-state index is 14.8. The van der Waals surface area contributed by atoms with Gasteiger partial charge in [-0.2, -0.15) is 5.10 Å². The molecule has 0 amide bonds. The number of hydrogen-bond donors (Lipinski definition) is 1. The van der Waals surface area contributed by atoms with Gasteiger partial charge < -0.3 is 10.1 Å². The minimum Gasteiger partial charge on any atom is -0.356 e. The quantitative estimate of drug-likeness (QED) is 0.665. The minimum atomic E-state index is -0.520. The van der Waals surface area contributed by atoms with E-state index >= 15 is 0 Å². The molecule has 1 N–H and O–H groups in total. The fourth-order valence-electron chi connectivity index (χ4n) is 4.80. The third-order valence-corrected chi connectivity index (χ3v) is 6.14. The van der Waals surface area contributed by atoms with Crippen LogP contribution in [0.1, 0.15) is 60.7 Å². The largest absolute Gasteiger partial charge is 0.356 e. The lowest BCUT2D eigenvalue weighted by atomic mass is 9.85. The van der Waals surface area contributed by atoms with Crippen LogP contribution in [0, 0.1) is 18.6 Å². The van der Waals surface area contributed by atoms with E-state index in [1.165, 1.54) is 12.1 Å². The van der Waals surface area contributed by atoms with Gasteiger partial charge in [0, 0.05) is 23.6 Å². The smallest absolute Gasteiger partial charge is 0.150 e. The number of halogens is 2. The van der Waals surface area contributed by atoms with Crippen molar-refractivity contribution in [2.75, 3.05) is 6.61 Å². The van der Waals surface area contributed by atoms with Crippen LogP contribution in [0.4, 0.5) is 8.78 Å². The Hall–Kier alpha value is -2.31. The van der Waals surface area contributed by atoms with E-state index in [2.05, 4.69) is 10.4 Å². The maximum absolute atomic E-state index is 14.8. The predicted molar refractivity (Wildman–Crippen MR) is 108 cm³/mol.